The maximum Gasteiger partial charge on any atom is 0.115 e. The van der Waals surface area contributed by atoms with Crippen LogP contribution < -0.4 is 0 Å². The summed E-state index contributed by atoms with van der Waals surface area (Å²) in [5.74, 6) is 10.2. The molecule has 0 aromatic rings. The molecule has 0 aromatic carbocycles. The zero-order valence-corrected chi connectivity index (χ0v) is 7.04. The van der Waals surface area contributed by atoms with Crippen molar-refractivity contribution in [2.75, 3.05) is 6.61 Å². The van der Waals surface area contributed by atoms with E-state index in [4.69, 9.17) is 10.2 Å². The van der Waals surface area contributed by atoms with Gasteiger partial charge >= 0.3 is 0 Å². The molecule has 0 bridgehead atoms. The second-order valence-corrected chi connectivity index (χ2v) is 2.05. The Bertz CT molecular complexity index is 244. The van der Waals surface area contributed by atoms with E-state index in [1.807, 2.05) is 6.92 Å². The van der Waals surface area contributed by atoms with Crippen LogP contribution in [-0.4, -0.2) is 22.9 Å². The van der Waals surface area contributed by atoms with E-state index in [1.54, 1.807) is 0 Å². The summed E-state index contributed by atoms with van der Waals surface area (Å²) in [6.07, 6.45) is 3.07. The van der Waals surface area contributed by atoms with Crippen LogP contribution in [0.5, 0.6) is 0 Å². The molecular weight excluding hydrogens is 152 g/mol. The molecule has 2 N–H and O–H groups in total. The number of aliphatic hydroxyl groups excluding tert-OH is 2. The summed E-state index contributed by atoms with van der Waals surface area (Å²) in [5.41, 5.74) is 0. The monoisotopic (exact) mass is 164 g/mol. The molecule has 0 heterocycles. The van der Waals surface area contributed by atoms with E-state index in [0.717, 1.165) is 0 Å². The molecule has 0 aromatic heterocycles. The topological polar surface area (TPSA) is 40.5 Å². The summed E-state index contributed by atoms with van der Waals surface area (Å²) in [7, 11) is 0. The van der Waals surface area contributed by atoms with E-state index < -0.39 is 6.10 Å². The highest BCUT2D eigenvalue weighted by Crippen LogP contribution is 1.83. The molecule has 0 radical (unpaired) electrons. The van der Waals surface area contributed by atoms with Gasteiger partial charge in [-0.05, 0) is 24.3 Å². The molecule has 0 saturated heterocycles. The fraction of sp³-hybridized carbons (Fsp3) is 0.400. The normalized spacial score (nSPS) is 11.2. The van der Waals surface area contributed by atoms with Gasteiger partial charge in [0, 0.05) is 0 Å². The summed E-state index contributed by atoms with van der Waals surface area (Å²) in [6.45, 7) is 1.83. The number of hydrogen-bond donors (Lipinski definition) is 2. The number of hydrogen-bond acceptors (Lipinski definition) is 2. The third-order valence-corrected chi connectivity index (χ3v) is 1.07. The first-order chi connectivity index (χ1) is 5.81. The van der Waals surface area contributed by atoms with Gasteiger partial charge in [-0.3, -0.25) is 0 Å². The van der Waals surface area contributed by atoms with Crippen molar-refractivity contribution in [2.45, 2.75) is 19.4 Å². The highest BCUT2D eigenvalue weighted by atomic mass is 16.3. The molecule has 0 aliphatic carbocycles. The van der Waals surface area contributed by atoms with Crippen molar-refractivity contribution < 1.29 is 10.2 Å². The van der Waals surface area contributed by atoms with Crippen molar-refractivity contribution in [3.8, 4) is 23.7 Å². The minimum absolute atomic E-state index is 0.0142. The van der Waals surface area contributed by atoms with Gasteiger partial charge in [0.15, 0.2) is 0 Å². The molecule has 64 valence electrons. The van der Waals surface area contributed by atoms with Gasteiger partial charge in [0.05, 0.1) is 6.61 Å². The molecule has 0 amide bonds. The van der Waals surface area contributed by atoms with Crippen LogP contribution in [0.2, 0.25) is 0 Å². The third kappa shape index (κ3) is 6.89. The van der Waals surface area contributed by atoms with Crippen molar-refractivity contribution in [2.24, 2.45) is 0 Å². The van der Waals surface area contributed by atoms with Gasteiger partial charge in [-0.15, -0.1) is 0 Å². The van der Waals surface area contributed by atoms with E-state index in [-0.39, 0.29) is 6.61 Å². The standard InChI is InChI=1S/C10H12O2/c1-2-10(12)8-6-4-3-5-7-9-11/h5,7,10-12H,2,9H2,1H3. The maximum absolute atomic E-state index is 8.96. The lowest BCUT2D eigenvalue weighted by molar-refractivity contribution is 0.228. The second kappa shape index (κ2) is 7.88. The van der Waals surface area contributed by atoms with Crippen molar-refractivity contribution in [3.63, 3.8) is 0 Å². The fourth-order valence-electron chi connectivity index (χ4n) is 0.411. The van der Waals surface area contributed by atoms with Crippen molar-refractivity contribution in [3.05, 3.63) is 12.2 Å². The van der Waals surface area contributed by atoms with Gasteiger partial charge < -0.3 is 10.2 Å². The van der Waals surface area contributed by atoms with Gasteiger partial charge in [-0.1, -0.05) is 24.8 Å². The molecule has 0 aliphatic rings. The fourth-order valence-corrected chi connectivity index (χ4v) is 0.411. The Morgan fingerprint density at radius 2 is 2.17 bits per heavy atom. The van der Waals surface area contributed by atoms with Crippen LogP contribution in [0.15, 0.2) is 12.2 Å². The molecule has 1 unspecified atom stereocenters. The Balaban J connectivity index is 3.81. The number of allylic oxidation sites excluding steroid dienone is 1. The summed E-state index contributed by atoms with van der Waals surface area (Å²) in [6, 6.07) is 0. The van der Waals surface area contributed by atoms with Crippen molar-refractivity contribution >= 4 is 0 Å². The number of rotatable bonds is 2. The molecule has 12 heavy (non-hydrogen) atoms. The minimum Gasteiger partial charge on any atom is -0.392 e. The van der Waals surface area contributed by atoms with E-state index in [1.165, 1.54) is 12.2 Å². The predicted molar refractivity (Wildman–Crippen MR) is 48.1 cm³/mol. The van der Waals surface area contributed by atoms with Gasteiger partial charge in [0.2, 0.25) is 0 Å². The average Bonchev–Trinajstić information content (AvgIpc) is 2.10. The lowest BCUT2D eigenvalue weighted by Crippen LogP contribution is -1.98. The second-order valence-electron chi connectivity index (χ2n) is 2.05. The Kier molecular flexibility index (Phi) is 7.08. The first-order valence-corrected chi connectivity index (χ1v) is 3.76. The molecule has 1 atom stereocenters. The Morgan fingerprint density at radius 1 is 1.42 bits per heavy atom. The summed E-state index contributed by atoms with van der Waals surface area (Å²) >= 11 is 0. The maximum atomic E-state index is 8.96. The Morgan fingerprint density at radius 3 is 2.75 bits per heavy atom. The zero-order valence-electron chi connectivity index (χ0n) is 7.04. The van der Waals surface area contributed by atoms with Gasteiger partial charge in [-0.2, -0.15) is 0 Å². The summed E-state index contributed by atoms with van der Waals surface area (Å²) < 4.78 is 0. The molecule has 0 fully saturated rings. The highest BCUT2D eigenvalue weighted by molar-refractivity contribution is 5.31. The molecule has 0 aliphatic heterocycles. The van der Waals surface area contributed by atoms with E-state index in [9.17, 15) is 0 Å². The van der Waals surface area contributed by atoms with Crippen LogP contribution in [0.4, 0.5) is 0 Å². The van der Waals surface area contributed by atoms with Crippen LogP contribution in [0, 0.1) is 23.7 Å². The molecule has 2 nitrogen and oxygen atoms in total. The van der Waals surface area contributed by atoms with E-state index in [2.05, 4.69) is 23.7 Å². The molecule has 2 heteroatoms. The summed E-state index contributed by atoms with van der Waals surface area (Å²) in [4.78, 5) is 0. The quantitative estimate of drug-likeness (QED) is 0.577. The van der Waals surface area contributed by atoms with Crippen molar-refractivity contribution in [1.82, 2.24) is 0 Å². The first kappa shape index (κ1) is 10.8. The zero-order chi connectivity index (χ0) is 9.23. The largest absolute Gasteiger partial charge is 0.392 e. The third-order valence-electron chi connectivity index (χ3n) is 1.07. The Hall–Kier alpha value is -1.22. The molecule has 0 rings (SSSR count). The van der Waals surface area contributed by atoms with Crippen molar-refractivity contribution in [1.29, 1.82) is 0 Å². The SMILES string of the molecule is CCC(O)C#CC#CC=CCO. The first-order valence-electron chi connectivity index (χ1n) is 3.76. The smallest absolute Gasteiger partial charge is 0.115 e. The molecule has 0 saturated carbocycles. The molecular formula is C10H12O2. The van der Waals surface area contributed by atoms with Crippen LogP contribution in [0.3, 0.4) is 0 Å². The van der Waals surface area contributed by atoms with Gasteiger partial charge in [-0.25, -0.2) is 0 Å². The van der Waals surface area contributed by atoms with E-state index >= 15 is 0 Å². The highest BCUT2D eigenvalue weighted by Gasteiger charge is 1.88. The average molecular weight is 164 g/mol. The number of aliphatic hydroxyl groups is 2. The van der Waals surface area contributed by atoms with Gasteiger partial charge in [0.25, 0.3) is 0 Å². The Labute approximate surface area is 72.9 Å². The van der Waals surface area contributed by atoms with Crippen LogP contribution in [-0.2, 0) is 0 Å². The van der Waals surface area contributed by atoms with Crippen LogP contribution in [0.1, 0.15) is 13.3 Å². The lowest BCUT2D eigenvalue weighted by atomic mass is 10.3. The minimum atomic E-state index is -0.582. The van der Waals surface area contributed by atoms with Crippen LogP contribution >= 0.6 is 0 Å². The van der Waals surface area contributed by atoms with Gasteiger partial charge in [0.1, 0.15) is 6.10 Å². The van der Waals surface area contributed by atoms with E-state index in [0.29, 0.717) is 6.42 Å². The van der Waals surface area contributed by atoms with Crippen LogP contribution in [0.25, 0.3) is 0 Å². The molecule has 0 spiro atoms. The summed E-state index contributed by atoms with van der Waals surface area (Å²) in [5, 5.41) is 17.3. The predicted octanol–water partition coefficient (Wildman–Crippen LogP) is 0.313. The lowest BCUT2D eigenvalue weighted by Gasteiger charge is -1.91.